The largest absolute Gasteiger partial charge is 0.497 e. The van der Waals surface area contributed by atoms with Crippen molar-refractivity contribution in [3.05, 3.63) is 75.7 Å². The monoisotopic (exact) mass is 450 g/mol. The van der Waals surface area contributed by atoms with E-state index in [4.69, 9.17) is 9.47 Å². The third-order valence-corrected chi connectivity index (χ3v) is 6.69. The fraction of sp³-hybridized carbons (Fsp3) is 0.208. The molecule has 0 saturated heterocycles. The fourth-order valence-electron chi connectivity index (χ4n) is 3.84. The quantitative estimate of drug-likeness (QED) is 0.555. The van der Waals surface area contributed by atoms with E-state index in [0.717, 1.165) is 16.7 Å². The number of methoxy groups -OCH3 is 2. The Morgan fingerprint density at radius 3 is 2.38 bits per heavy atom. The van der Waals surface area contributed by atoms with E-state index >= 15 is 0 Å². The summed E-state index contributed by atoms with van der Waals surface area (Å²) in [6.45, 7) is 1.89. The number of ether oxygens (including phenoxy) is 2. The number of fused-ring (bicyclic) bond motifs is 1. The number of esters is 1. The van der Waals surface area contributed by atoms with Crippen LogP contribution in [0.3, 0.4) is 0 Å². The second-order valence-electron chi connectivity index (χ2n) is 7.40. The lowest BCUT2D eigenvalue weighted by Crippen LogP contribution is -2.22. The number of amides is 2. The number of anilines is 2. The van der Waals surface area contributed by atoms with Crippen LogP contribution in [-0.2, 0) is 9.53 Å². The molecule has 1 aliphatic rings. The Labute approximate surface area is 189 Å². The molecule has 2 N–H and O–H groups in total. The Morgan fingerprint density at radius 1 is 1.06 bits per heavy atom. The SMILES string of the molecule is COC(=O)c1ccc(C2CC(=O)Nc3sc(C(=O)Nc4ccc(OC)cc4)c(C)c32)cc1. The molecule has 1 aliphatic heterocycles. The molecule has 0 bridgehead atoms. The highest BCUT2D eigenvalue weighted by Gasteiger charge is 2.33. The predicted octanol–water partition coefficient (Wildman–Crippen LogP) is 4.58. The summed E-state index contributed by atoms with van der Waals surface area (Å²) >= 11 is 1.27. The van der Waals surface area contributed by atoms with Crippen LogP contribution >= 0.6 is 11.3 Å². The van der Waals surface area contributed by atoms with Gasteiger partial charge < -0.3 is 20.1 Å². The Balaban J connectivity index is 1.64. The van der Waals surface area contributed by atoms with Crippen LogP contribution in [0.25, 0.3) is 0 Å². The van der Waals surface area contributed by atoms with Crippen molar-refractivity contribution in [3.8, 4) is 5.75 Å². The molecule has 7 nitrogen and oxygen atoms in total. The summed E-state index contributed by atoms with van der Waals surface area (Å²) < 4.78 is 9.90. The van der Waals surface area contributed by atoms with Crippen LogP contribution in [0.4, 0.5) is 10.7 Å². The summed E-state index contributed by atoms with van der Waals surface area (Å²) in [7, 11) is 2.92. The summed E-state index contributed by atoms with van der Waals surface area (Å²) in [5, 5.41) is 6.49. The van der Waals surface area contributed by atoms with Gasteiger partial charge in [0.05, 0.1) is 29.7 Å². The smallest absolute Gasteiger partial charge is 0.337 e. The molecule has 1 atom stereocenters. The molecular formula is C24H22N2O5S. The van der Waals surface area contributed by atoms with E-state index in [-0.39, 0.29) is 24.2 Å². The first-order valence-corrected chi connectivity index (χ1v) is 10.8. The van der Waals surface area contributed by atoms with Gasteiger partial charge in [-0.15, -0.1) is 11.3 Å². The summed E-state index contributed by atoms with van der Waals surface area (Å²) in [5.41, 5.74) is 3.76. The van der Waals surface area contributed by atoms with Crippen molar-refractivity contribution < 1.29 is 23.9 Å². The van der Waals surface area contributed by atoms with Crippen molar-refractivity contribution in [2.75, 3.05) is 24.9 Å². The number of carbonyl (C=O) groups is 3. The topological polar surface area (TPSA) is 93.7 Å². The average Bonchev–Trinajstić information content (AvgIpc) is 3.14. The minimum atomic E-state index is -0.414. The molecule has 164 valence electrons. The maximum Gasteiger partial charge on any atom is 0.337 e. The van der Waals surface area contributed by atoms with Gasteiger partial charge in [0.15, 0.2) is 0 Å². The number of rotatable bonds is 5. The van der Waals surface area contributed by atoms with Crippen LogP contribution in [0.1, 0.15) is 49.1 Å². The van der Waals surface area contributed by atoms with Crippen LogP contribution in [-0.4, -0.2) is 32.0 Å². The number of carbonyl (C=O) groups excluding carboxylic acids is 3. The molecule has 2 heterocycles. The van der Waals surface area contributed by atoms with Crippen molar-refractivity contribution >= 4 is 39.8 Å². The minimum Gasteiger partial charge on any atom is -0.497 e. The van der Waals surface area contributed by atoms with Gasteiger partial charge in [0.1, 0.15) is 5.75 Å². The van der Waals surface area contributed by atoms with Gasteiger partial charge in [0.25, 0.3) is 5.91 Å². The molecule has 2 aromatic carbocycles. The number of benzene rings is 2. The van der Waals surface area contributed by atoms with Gasteiger partial charge in [-0.3, -0.25) is 9.59 Å². The third-order valence-electron chi connectivity index (χ3n) is 5.47. The van der Waals surface area contributed by atoms with E-state index in [1.807, 2.05) is 19.1 Å². The van der Waals surface area contributed by atoms with Gasteiger partial charge in [0.2, 0.25) is 5.91 Å². The minimum absolute atomic E-state index is 0.108. The van der Waals surface area contributed by atoms with Crippen LogP contribution in [0.5, 0.6) is 5.75 Å². The van der Waals surface area contributed by atoms with Gasteiger partial charge >= 0.3 is 5.97 Å². The lowest BCUT2D eigenvalue weighted by atomic mass is 9.84. The molecule has 0 radical (unpaired) electrons. The lowest BCUT2D eigenvalue weighted by Gasteiger charge is -2.24. The maximum absolute atomic E-state index is 13.0. The van der Waals surface area contributed by atoms with Crippen molar-refractivity contribution in [2.24, 2.45) is 0 Å². The summed E-state index contributed by atoms with van der Waals surface area (Å²) in [5.74, 6) is -0.259. The first kappa shape index (κ1) is 21.6. The highest BCUT2D eigenvalue weighted by molar-refractivity contribution is 7.18. The second-order valence-corrected chi connectivity index (χ2v) is 8.42. The highest BCUT2D eigenvalue weighted by Crippen LogP contribution is 2.45. The standard InChI is InChI=1S/C24H22N2O5S/c1-13-20-18(14-4-6-15(7-5-14)24(29)31-3)12-19(27)26-23(20)32-21(13)22(28)25-16-8-10-17(30-2)11-9-16/h4-11,18H,12H2,1-3H3,(H,25,28)(H,26,27). The van der Waals surface area contributed by atoms with E-state index < -0.39 is 5.97 Å². The van der Waals surface area contributed by atoms with E-state index in [1.54, 1.807) is 43.5 Å². The first-order chi connectivity index (χ1) is 15.4. The third kappa shape index (κ3) is 4.09. The van der Waals surface area contributed by atoms with Crippen molar-refractivity contribution in [2.45, 2.75) is 19.3 Å². The summed E-state index contributed by atoms with van der Waals surface area (Å²) in [6.07, 6.45) is 0.266. The van der Waals surface area contributed by atoms with Gasteiger partial charge in [-0.25, -0.2) is 4.79 Å². The molecular weight excluding hydrogens is 428 g/mol. The van der Waals surface area contributed by atoms with E-state index in [9.17, 15) is 14.4 Å². The van der Waals surface area contributed by atoms with Gasteiger partial charge in [-0.1, -0.05) is 12.1 Å². The van der Waals surface area contributed by atoms with Gasteiger partial charge in [-0.2, -0.15) is 0 Å². The molecule has 8 heteroatoms. The van der Waals surface area contributed by atoms with Crippen molar-refractivity contribution in [1.82, 2.24) is 0 Å². The molecule has 0 fully saturated rings. The molecule has 0 aliphatic carbocycles. The Kier molecular flexibility index (Phi) is 5.96. The highest BCUT2D eigenvalue weighted by atomic mass is 32.1. The zero-order chi connectivity index (χ0) is 22.8. The van der Waals surface area contributed by atoms with Crippen molar-refractivity contribution in [3.63, 3.8) is 0 Å². The number of hydrogen-bond donors (Lipinski definition) is 2. The summed E-state index contributed by atoms with van der Waals surface area (Å²) in [4.78, 5) is 37.6. The molecule has 1 unspecified atom stereocenters. The lowest BCUT2D eigenvalue weighted by molar-refractivity contribution is -0.116. The van der Waals surface area contributed by atoms with Crippen LogP contribution in [0.15, 0.2) is 48.5 Å². The number of thiophene rings is 1. The normalized spacial score (nSPS) is 14.8. The van der Waals surface area contributed by atoms with Gasteiger partial charge in [-0.05, 0) is 60.0 Å². The second kappa shape index (κ2) is 8.84. The first-order valence-electron chi connectivity index (χ1n) is 9.98. The van der Waals surface area contributed by atoms with Crippen LogP contribution in [0.2, 0.25) is 0 Å². The van der Waals surface area contributed by atoms with E-state index in [1.165, 1.54) is 18.4 Å². The van der Waals surface area contributed by atoms with Crippen LogP contribution in [0, 0.1) is 6.92 Å². The molecule has 1 aromatic heterocycles. The predicted molar refractivity (Wildman–Crippen MR) is 123 cm³/mol. The fourth-order valence-corrected chi connectivity index (χ4v) is 5.02. The summed E-state index contributed by atoms with van der Waals surface area (Å²) in [6, 6.07) is 14.1. The molecule has 3 aromatic rings. The van der Waals surface area contributed by atoms with E-state index in [0.29, 0.717) is 26.9 Å². The molecule has 0 saturated carbocycles. The Bertz CT molecular complexity index is 1180. The zero-order valence-corrected chi connectivity index (χ0v) is 18.7. The van der Waals surface area contributed by atoms with Crippen molar-refractivity contribution in [1.29, 1.82) is 0 Å². The molecule has 4 rings (SSSR count). The average molecular weight is 451 g/mol. The van der Waals surface area contributed by atoms with Crippen LogP contribution < -0.4 is 15.4 Å². The Morgan fingerprint density at radius 2 is 1.75 bits per heavy atom. The number of nitrogens with one attached hydrogen (secondary N) is 2. The van der Waals surface area contributed by atoms with Gasteiger partial charge in [0, 0.05) is 18.0 Å². The molecule has 0 spiro atoms. The maximum atomic E-state index is 13.0. The molecule has 32 heavy (non-hydrogen) atoms. The molecule has 2 amide bonds. The zero-order valence-electron chi connectivity index (χ0n) is 17.9. The number of hydrogen-bond acceptors (Lipinski definition) is 6. The van der Waals surface area contributed by atoms with E-state index in [2.05, 4.69) is 10.6 Å². The Hall–Kier alpha value is -3.65.